The molecule has 0 N–H and O–H groups in total. The first kappa shape index (κ1) is 31.6. The second-order valence-corrected chi connectivity index (χ2v) is 16.6. The number of fused-ring (bicyclic) bond motifs is 12. The molecule has 0 unspecified atom stereocenters. The van der Waals surface area contributed by atoms with Gasteiger partial charge in [0.1, 0.15) is 10.3 Å². The molecule has 0 aliphatic carbocycles. The highest BCUT2D eigenvalue weighted by molar-refractivity contribution is 7.26. The summed E-state index contributed by atoms with van der Waals surface area (Å²) in [4.78, 5) is 12.0. The largest absolute Gasteiger partial charge is 0.242 e. The number of benzene rings is 9. The van der Waals surface area contributed by atoms with E-state index in [1.54, 1.807) is 11.3 Å². The van der Waals surface area contributed by atoms with Gasteiger partial charge >= 0.3 is 0 Å². The van der Waals surface area contributed by atoms with Crippen LogP contribution in [0, 0.1) is 0 Å². The molecule has 260 valence electrons. The van der Waals surface area contributed by atoms with Crippen LogP contribution in [0.25, 0.3) is 118 Å². The van der Waals surface area contributed by atoms with E-state index in [2.05, 4.69) is 182 Å². The summed E-state index contributed by atoms with van der Waals surface area (Å²) in [5.41, 5.74) is 12.4. The van der Waals surface area contributed by atoms with Crippen molar-refractivity contribution in [2.75, 3.05) is 0 Å². The molecule has 2 nitrogen and oxygen atoms in total. The molecule has 0 fully saturated rings. The van der Waals surface area contributed by atoms with Crippen LogP contribution in [0.3, 0.4) is 0 Å². The fourth-order valence-corrected chi connectivity index (χ4v) is 10.8. The maximum atomic E-state index is 5.59. The molecule has 0 radical (unpaired) electrons. The number of aromatic nitrogens is 2. The van der Waals surface area contributed by atoms with Crippen LogP contribution in [0.15, 0.2) is 182 Å². The third-order valence-electron chi connectivity index (χ3n) is 11.3. The number of hydrogen-bond donors (Lipinski definition) is 0. The summed E-state index contributed by atoms with van der Waals surface area (Å²) >= 11 is 3.60. The average molecular weight is 747 g/mol. The Bertz CT molecular complexity index is 3530. The highest BCUT2D eigenvalue weighted by Gasteiger charge is 2.18. The summed E-state index contributed by atoms with van der Waals surface area (Å²) in [6, 6.07) is 66.0. The Morgan fingerprint density at radius 3 is 1.57 bits per heavy atom. The van der Waals surface area contributed by atoms with Crippen molar-refractivity contribution in [3.63, 3.8) is 0 Å². The molecule has 0 saturated carbocycles. The molecule has 3 aromatic heterocycles. The number of rotatable bonds is 4. The monoisotopic (exact) mass is 746 g/mol. The molecule has 9 aromatic carbocycles. The van der Waals surface area contributed by atoms with Crippen LogP contribution in [-0.2, 0) is 0 Å². The fraction of sp³-hybridized carbons (Fsp3) is 0. The van der Waals surface area contributed by atoms with Crippen LogP contribution in [-0.4, -0.2) is 9.97 Å². The minimum atomic E-state index is 0.937. The Morgan fingerprint density at radius 1 is 0.286 bits per heavy atom. The topological polar surface area (TPSA) is 25.8 Å². The van der Waals surface area contributed by atoms with E-state index in [-0.39, 0.29) is 0 Å². The van der Waals surface area contributed by atoms with E-state index in [1.807, 2.05) is 11.3 Å². The van der Waals surface area contributed by atoms with Crippen molar-refractivity contribution in [2.45, 2.75) is 0 Å². The smallest absolute Gasteiger partial charge is 0.143 e. The Morgan fingerprint density at radius 2 is 0.821 bits per heavy atom. The molecule has 3 heterocycles. The normalized spacial score (nSPS) is 11.9. The summed E-state index contributed by atoms with van der Waals surface area (Å²) in [6.07, 6.45) is 0. The van der Waals surface area contributed by atoms with Crippen LogP contribution < -0.4 is 0 Å². The molecule has 56 heavy (non-hydrogen) atoms. The van der Waals surface area contributed by atoms with Crippen LogP contribution in [0.1, 0.15) is 0 Å². The molecular weight excluding hydrogens is 717 g/mol. The first-order valence-electron chi connectivity index (χ1n) is 18.9. The van der Waals surface area contributed by atoms with Gasteiger partial charge in [-0.1, -0.05) is 146 Å². The summed E-state index contributed by atoms with van der Waals surface area (Å²) in [5.74, 6) is 0. The molecule has 0 spiro atoms. The maximum absolute atomic E-state index is 5.59. The van der Waals surface area contributed by atoms with Gasteiger partial charge in [0, 0.05) is 41.0 Å². The zero-order chi connectivity index (χ0) is 36.7. The molecule has 0 aliphatic heterocycles. The second-order valence-electron chi connectivity index (χ2n) is 14.5. The van der Waals surface area contributed by atoms with E-state index < -0.39 is 0 Å². The predicted molar refractivity (Wildman–Crippen MR) is 242 cm³/mol. The molecular formula is C52H30N2S2. The summed E-state index contributed by atoms with van der Waals surface area (Å²) in [6.45, 7) is 0. The van der Waals surface area contributed by atoms with Crippen LogP contribution in [0.4, 0.5) is 0 Å². The fourth-order valence-electron chi connectivity index (χ4n) is 8.54. The minimum Gasteiger partial charge on any atom is -0.242 e. The van der Waals surface area contributed by atoms with Crippen molar-refractivity contribution in [1.82, 2.24) is 9.97 Å². The molecule has 12 aromatic rings. The second kappa shape index (κ2) is 12.4. The lowest BCUT2D eigenvalue weighted by atomic mass is 9.93. The van der Waals surface area contributed by atoms with Crippen LogP contribution in [0.2, 0.25) is 0 Å². The van der Waals surface area contributed by atoms with Gasteiger partial charge in [-0.3, -0.25) is 0 Å². The van der Waals surface area contributed by atoms with E-state index in [9.17, 15) is 0 Å². The zero-order valence-electron chi connectivity index (χ0n) is 30.0. The van der Waals surface area contributed by atoms with E-state index in [0.29, 0.717) is 0 Å². The minimum absolute atomic E-state index is 0.937. The molecule has 0 saturated heterocycles. The van der Waals surface area contributed by atoms with E-state index >= 15 is 0 Å². The van der Waals surface area contributed by atoms with Gasteiger partial charge in [0.15, 0.2) is 0 Å². The van der Waals surface area contributed by atoms with E-state index in [4.69, 9.17) is 9.97 Å². The maximum Gasteiger partial charge on any atom is 0.143 e. The van der Waals surface area contributed by atoms with Crippen molar-refractivity contribution in [1.29, 1.82) is 0 Å². The quantitative estimate of drug-likeness (QED) is 0.168. The highest BCUT2D eigenvalue weighted by Crippen LogP contribution is 2.43. The molecule has 0 atom stereocenters. The zero-order valence-corrected chi connectivity index (χ0v) is 31.7. The molecule has 0 bridgehead atoms. The van der Waals surface area contributed by atoms with Crippen molar-refractivity contribution in [3.8, 4) is 44.5 Å². The van der Waals surface area contributed by atoms with Crippen molar-refractivity contribution >= 4 is 95.9 Å². The van der Waals surface area contributed by atoms with Crippen LogP contribution >= 0.6 is 22.7 Å². The van der Waals surface area contributed by atoms with Crippen molar-refractivity contribution in [2.24, 2.45) is 0 Å². The van der Waals surface area contributed by atoms with Crippen molar-refractivity contribution in [3.05, 3.63) is 182 Å². The summed E-state index contributed by atoms with van der Waals surface area (Å²) in [5, 5.41) is 8.40. The van der Waals surface area contributed by atoms with Gasteiger partial charge in [0.25, 0.3) is 0 Å². The molecule has 4 heteroatoms. The first-order chi connectivity index (χ1) is 27.7. The SMILES string of the molecule is c1ccc(-c2ccc3c4ccc(-c5ccccc5)cc4c4nc5c(nc4c3c2)sc2ccc(-c3cccc(-c4cccc6c4sc4ccccc46)c3)cc25)cc1. The third-order valence-corrected chi connectivity index (χ3v) is 13.5. The number of nitrogens with zero attached hydrogens (tertiary/aromatic N) is 2. The van der Waals surface area contributed by atoms with Gasteiger partial charge in [0.2, 0.25) is 0 Å². The lowest BCUT2D eigenvalue weighted by Crippen LogP contribution is -1.91. The average Bonchev–Trinajstić information content (AvgIpc) is 3.84. The number of hydrogen-bond acceptors (Lipinski definition) is 4. The van der Waals surface area contributed by atoms with Crippen LogP contribution in [0.5, 0.6) is 0 Å². The lowest BCUT2D eigenvalue weighted by molar-refractivity contribution is 1.46. The predicted octanol–water partition coefficient (Wildman–Crippen LogP) is 15.3. The van der Waals surface area contributed by atoms with Gasteiger partial charge in [0.05, 0.1) is 11.0 Å². The summed E-state index contributed by atoms with van der Waals surface area (Å²) in [7, 11) is 0. The van der Waals surface area contributed by atoms with Gasteiger partial charge in [-0.05, 0) is 91.7 Å². The van der Waals surface area contributed by atoms with Gasteiger partial charge in [-0.25, -0.2) is 9.97 Å². The Kier molecular flexibility index (Phi) is 7.00. The Labute approximate surface area is 330 Å². The number of thiophene rings is 2. The molecule has 0 aliphatic rings. The Hall–Kier alpha value is -6.72. The van der Waals surface area contributed by atoms with E-state index in [0.717, 1.165) is 37.5 Å². The van der Waals surface area contributed by atoms with E-state index in [1.165, 1.54) is 80.2 Å². The van der Waals surface area contributed by atoms with Gasteiger partial charge in [-0.2, -0.15) is 0 Å². The lowest BCUT2D eigenvalue weighted by Gasteiger charge is -2.13. The standard InChI is InChI=1S/C52H30N2S2/c1-3-11-31(12-4-1)34-21-24-39-40-25-22-35(32-13-5-2-6-14-32)29-44(40)49-48(43(39)28-34)53-50-45-30-36(23-26-47(45)56-52(50)54-49)33-15-9-16-37(27-33)38-18-10-19-42-41-17-7-8-20-46(41)55-51(38)42/h1-30H. The molecule has 0 amide bonds. The summed E-state index contributed by atoms with van der Waals surface area (Å²) < 4.78 is 3.84. The highest BCUT2D eigenvalue weighted by atomic mass is 32.1. The first-order valence-corrected chi connectivity index (χ1v) is 20.5. The van der Waals surface area contributed by atoms with Gasteiger partial charge < -0.3 is 0 Å². The third kappa shape index (κ3) is 4.93. The van der Waals surface area contributed by atoms with Gasteiger partial charge in [-0.15, -0.1) is 22.7 Å². The molecule has 12 rings (SSSR count). The Balaban J connectivity index is 1.07. The van der Waals surface area contributed by atoms with Crippen molar-refractivity contribution < 1.29 is 0 Å².